The topological polar surface area (TPSA) is 59.6 Å². The lowest BCUT2D eigenvalue weighted by Gasteiger charge is -2.20. The molecule has 7 heteroatoms. The zero-order chi connectivity index (χ0) is 13.2. The molecule has 1 amide bonds. The van der Waals surface area contributed by atoms with Crippen LogP contribution in [-0.4, -0.2) is 31.7 Å². The van der Waals surface area contributed by atoms with Gasteiger partial charge in [-0.1, -0.05) is 11.6 Å². The van der Waals surface area contributed by atoms with E-state index >= 15 is 0 Å². The first-order valence-corrected chi connectivity index (χ1v) is 6.75. The lowest BCUT2D eigenvalue weighted by atomic mass is 10.2. The molecule has 3 rings (SSSR count). The number of anilines is 1. The smallest absolute Gasteiger partial charge is 0.241 e. The first-order valence-electron chi connectivity index (χ1n) is 6.37. The highest BCUT2D eigenvalue weighted by atomic mass is 35.5. The van der Waals surface area contributed by atoms with Gasteiger partial charge >= 0.3 is 0 Å². The molecule has 0 aromatic heterocycles. The lowest BCUT2D eigenvalue weighted by Crippen LogP contribution is -2.35. The molecule has 20 heavy (non-hydrogen) atoms. The van der Waals surface area contributed by atoms with Gasteiger partial charge in [0.05, 0.1) is 16.8 Å². The minimum Gasteiger partial charge on any atom is -0.486 e. The molecular weight excluding hydrogens is 303 g/mol. The van der Waals surface area contributed by atoms with Crippen LogP contribution in [-0.2, 0) is 4.79 Å². The van der Waals surface area contributed by atoms with Gasteiger partial charge in [-0.05, 0) is 19.4 Å². The SMILES string of the molecule is Cl.O=C(Nc1cc2c(cc1Cl)OCCO2)[C@@H]1CCCN1. The Morgan fingerprint density at radius 3 is 2.65 bits per heavy atom. The summed E-state index contributed by atoms with van der Waals surface area (Å²) in [5.41, 5.74) is 0.560. The Kier molecular flexibility index (Phi) is 4.96. The average Bonchev–Trinajstić information content (AvgIpc) is 2.93. The first-order chi connectivity index (χ1) is 9.24. The van der Waals surface area contributed by atoms with Crippen molar-refractivity contribution in [3.63, 3.8) is 0 Å². The van der Waals surface area contributed by atoms with E-state index in [0.717, 1.165) is 19.4 Å². The van der Waals surface area contributed by atoms with Gasteiger partial charge in [-0.15, -0.1) is 12.4 Å². The average molecular weight is 319 g/mol. The van der Waals surface area contributed by atoms with E-state index in [-0.39, 0.29) is 24.4 Å². The van der Waals surface area contributed by atoms with Crippen molar-refractivity contribution in [2.75, 3.05) is 25.1 Å². The predicted molar refractivity (Wildman–Crippen MR) is 79.3 cm³/mol. The van der Waals surface area contributed by atoms with E-state index in [2.05, 4.69) is 10.6 Å². The molecule has 0 unspecified atom stereocenters. The van der Waals surface area contributed by atoms with E-state index < -0.39 is 0 Å². The minimum atomic E-state index is -0.135. The van der Waals surface area contributed by atoms with Crippen LogP contribution >= 0.6 is 24.0 Å². The van der Waals surface area contributed by atoms with Crippen molar-refractivity contribution >= 4 is 35.6 Å². The Morgan fingerprint density at radius 1 is 1.30 bits per heavy atom. The zero-order valence-electron chi connectivity index (χ0n) is 10.8. The molecule has 2 heterocycles. The highest BCUT2D eigenvalue weighted by Crippen LogP contribution is 2.38. The molecule has 1 atom stereocenters. The molecule has 110 valence electrons. The minimum absolute atomic E-state index is 0. The summed E-state index contributed by atoms with van der Waals surface area (Å²) >= 11 is 6.14. The molecule has 1 aromatic rings. The highest BCUT2D eigenvalue weighted by Gasteiger charge is 2.23. The third kappa shape index (κ3) is 3.11. The van der Waals surface area contributed by atoms with Gasteiger partial charge in [-0.2, -0.15) is 0 Å². The number of hydrogen-bond donors (Lipinski definition) is 2. The van der Waals surface area contributed by atoms with E-state index in [9.17, 15) is 4.79 Å². The van der Waals surface area contributed by atoms with Gasteiger partial charge in [0.1, 0.15) is 13.2 Å². The standard InChI is InChI=1S/C13H15ClN2O3.ClH/c14-8-6-11-12(19-5-4-18-11)7-10(8)16-13(17)9-2-1-3-15-9;/h6-7,9,15H,1-5H2,(H,16,17);1H/t9-;/m0./s1. The van der Waals surface area contributed by atoms with Crippen molar-refractivity contribution in [2.45, 2.75) is 18.9 Å². The Labute approximate surface area is 128 Å². The molecule has 1 aromatic carbocycles. The van der Waals surface area contributed by atoms with E-state index in [1.54, 1.807) is 12.1 Å². The predicted octanol–water partition coefficient (Wildman–Crippen LogP) is 2.22. The number of fused-ring (bicyclic) bond motifs is 1. The summed E-state index contributed by atoms with van der Waals surface area (Å²) in [7, 11) is 0. The van der Waals surface area contributed by atoms with Crippen LogP contribution in [0.2, 0.25) is 5.02 Å². The van der Waals surface area contributed by atoms with Crippen LogP contribution in [0.1, 0.15) is 12.8 Å². The summed E-state index contributed by atoms with van der Waals surface area (Å²) < 4.78 is 10.9. The quantitative estimate of drug-likeness (QED) is 0.878. The number of halogens is 2. The number of amides is 1. The van der Waals surface area contributed by atoms with Gasteiger partial charge < -0.3 is 20.1 Å². The van der Waals surface area contributed by atoms with Crippen LogP contribution < -0.4 is 20.1 Å². The van der Waals surface area contributed by atoms with Crippen LogP contribution in [0.5, 0.6) is 11.5 Å². The van der Waals surface area contributed by atoms with Gasteiger partial charge in [0.25, 0.3) is 0 Å². The van der Waals surface area contributed by atoms with Gasteiger partial charge in [-0.25, -0.2) is 0 Å². The zero-order valence-corrected chi connectivity index (χ0v) is 12.4. The number of ether oxygens (including phenoxy) is 2. The monoisotopic (exact) mass is 318 g/mol. The third-order valence-corrected chi connectivity index (χ3v) is 3.58. The van der Waals surface area contributed by atoms with E-state index in [4.69, 9.17) is 21.1 Å². The number of nitrogens with one attached hydrogen (secondary N) is 2. The highest BCUT2D eigenvalue weighted by molar-refractivity contribution is 6.34. The van der Waals surface area contributed by atoms with Crippen LogP contribution in [0.4, 0.5) is 5.69 Å². The van der Waals surface area contributed by atoms with Gasteiger partial charge in [-0.3, -0.25) is 4.79 Å². The summed E-state index contributed by atoms with van der Waals surface area (Å²) in [6.07, 6.45) is 1.88. The Morgan fingerprint density at radius 2 is 2.00 bits per heavy atom. The normalized spacial score (nSPS) is 20.1. The largest absolute Gasteiger partial charge is 0.486 e. The molecule has 2 aliphatic heterocycles. The van der Waals surface area contributed by atoms with E-state index in [0.29, 0.717) is 35.4 Å². The van der Waals surface area contributed by atoms with Crippen LogP contribution in [0, 0.1) is 0 Å². The molecular formula is C13H16Cl2N2O3. The van der Waals surface area contributed by atoms with Crippen molar-refractivity contribution in [3.8, 4) is 11.5 Å². The summed E-state index contributed by atoms with van der Waals surface area (Å²) in [5.74, 6) is 1.18. The van der Waals surface area contributed by atoms with Crippen molar-refractivity contribution < 1.29 is 14.3 Å². The second kappa shape index (κ2) is 6.52. The van der Waals surface area contributed by atoms with Crippen LogP contribution in [0.3, 0.4) is 0 Å². The number of hydrogen-bond acceptors (Lipinski definition) is 4. The Bertz CT molecular complexity index is 505. The fourth-order valence-electron chi connectivity index (χ4n) is 2.29. The van der Waals surface area contributed by atoms with Crippen molar-refractivity contribution in [1.29, 1.82) is 0 Å². The molecule has 2 N–H and O–H groups in total. The fraction of sp³-hybridized carbons (Fsp3) is 0.462. The molecule has 1 saturated heterocycles. The second-order valence-corrected chi connectivity index (χ2v) is 5.02. The molecule has 0 saturated carbocycles. The number of benzene rings is 1. The summed E-state index contributed by atoms with van der Waals surface area (Å²) in [5, 5.41) is 6.43. The van der Waals surface area contributed by atoms with Gasteiger partial charge in [0.2, 0.25) is 5.91 Å². The maximum absolute atomic E-state index is 12.0. The fourth-order valence-corrected chi connectivity index (χ4v) is 2.49. The van der Waals surface area contributed by atoms with Gasteiger partial charge in [0, 0.05) is 12.1 Å². The van der Waals surface area contributed by atoms with Crippen molar-refractivity contribution in [2.24, 2.45) is 0 Å². The number of carbonyl (C=O) groups is 1. The first kappa shape index (κ1) is 15.2. The third-order valence-electron chi connectivity index (χ3n) is 3.27. The maximum Gasteiger partial charge on any atom is 0.241 e. The molecule has 0 spiro atoms. The molecule has 0 bridgehead atoms. The molecule has 0 radical (unpaired) electrons. The van der Waals surface area contributed by atoms with Crippen LogP contribution in [0.25, 0.3) is 0 Å². The van der Waals surface area contributed by atoms with Crippen LogP contribution in [0.15, 0.2) is 12.1 Å². The molecule has 1 fully saturated rings. The van der Waals surface area contributed by atoms with Crippen molar-refractivity contribution in [3.05, 3.63) is 17.2 Å². The number of rotatable bonds is 2. The maximum atomic E-state index is 12.0. The van der Waals surface area contributed by atoms with Gasteiger partial charge in [0.15, 0.2) is 11.5 Å². The summed E-state index contributed by atoms with van der Waals surface area (Å²) in [4.78, 5) is 12.0. The number of carbonyl (C=O) groups excluding carboxylic acids is 1. The van der Waals surface area contributed by atoms with E-state index in [1.807, 2.05) is 0 Å². The molecule has 5 nitrogen and oxygen atoms in total. The molecule has 2 aliphatic rings. The van der Waals surface area contributed by atoms with E-state index in [1.165, 1.54) is 0 Å². The second-order valence-electron chi connectivity index (χ2n) is 4.61. The Balaban J connectivity index is 0.00000147. The van der Waals surface area contributed by atoms with Crippen molar-refractivity contribution in [1.82, 2.24) is 5.32 Å². The summed E-state index contributed by atoms with van der Waals surface area (Å²) in [6, 6.07) is 3.25. The lowest BCUT2D eigenvalue weighted by molar-refractivity contribution is -0.117. The molecule has 0 aliphatic carbocycles. The Hall–Kier alpha value is -1.17. The summed E-state index contributed by atoms with van der Waals surface area (Å²) in [6.45, 7) is 1.90.